The molecule has 1 spiro atoms. The van der Waals surface area contributed by atoms with Crippen LogP contribution < -0.4 is 11.2 Å². The van der Waals surface area contributed by atoms with E-state index in [1.165, 1.54) is 0 Å². The Hall–Kier alpha value is -1.03. The Morgan fingerprint density at radius 3 is 2.45 bits per heavy atom. The number of H-pyrrole nitrogens is 1. The van der Waals surface area contributed by atoms with Gasteiger partial charge in [0.2, 0.25) is 0 Å². The van der Waals surface area contributed by atoms with Crippen LogP contribution in [-0.2, 0) is 43.9 Å². The maximum absolute atomic E-state index is 13.9. The van der Waals surface area contributed by atoms with E-state index in [1.807, 2.05) is 4.98 Å². The number of nitrogens with one attached hydrogen (secondary N) is 1. The number of alkyl halides is 1. The number of nitrogens with zero attached hydrogens (tertiary/aromatic N) is 1. The molecule has 8 N–H and O–H groups in total. The molecule has 40 heavy (non-hydrogen) atoms. The van der Waals surface area contributed by atoms with Crippen LogP contribution in [0.4, 0.5) is 4.39 Å². The van der Waals surface area contributed by atoms with E-state index in [-0.39, 0.29) is 13.0 Å². The molecule has 3 aliphatic heterocycles. The average molecular weight is 640 g/mol. The van der Waals surface area contributed by atoms with E-state index < -0.39 is 99.9 Å². The smallest absolute Gasteiger partial charge is 0.393 e. The number of rotatable bonds is 10. The van der Waals surface area contributed by atoms with Gasteiger partial charge in [-0.05, 0) is 11.8 Å². The minimum atomic E-state index is -5.50. The summed E-state index contributed by atoms with van der Waals surface area (Å²) < 4.78 is 57.5. The lowest BCUT2D eigenvalue weighted by molar-refractivity contribution is -0.287. The van der Waals surface area contributed by atoms with Gasteiger partial charge in [-0.2, -0.15) is 0 Å². The van der Waals surface area contributed by atoms with Crippen LogP contribution in [0.15, 0.2) is 21.9 Å². The third-order valence-corrected chi connectivity index (χ3v) is 10.0. The minimum absolute atomic E-state index is 0.206. The Balaban J connectivity index is 1.41. The van der Waals surface area contributed by atoms with Gasteiger partial charge in [0.1, 0.15) is 42.2 Å². The topological polar surface area (TPSA) is 269 Å². The van der Waals surface area contributed by atoms with Gasteiger partial charge < -0.3 is 54.1 Å². The summed E-state index contributed by atoms with van der Waals surface area (Å²) in [4.78, 5) is 46.1. The number of hydrogen-bond donors (Lipinski definition) is 8. The molecule has 18 nitrogen and oxygen atoms in total. The normalized spacial score (nSPS) is 39.8. The van der Waals surface area contributed by atoms with Gasteiger partial charge in [0, 0.05) is 18.7 Å². The first-order chi connectivity index (χ1) is 18.6. The first kappa shape index (κ1) is 31.9. The number of phosphoric acid groups is 1. The van der Waals surface area contributed by atoms with Crippen LogP contribution in [0.1, 0.15) is 12.6 Å². The lowest BCUT2D eigenvalue weighted by Gasteiger charge is -2.44. The lowest BCUT2D eigenvalue weighted by Crippen LogP contribution is -2.60. The summed E-state index contributed by atoms with van der Waals surface area (Å²) in [7, 11) is -5.50. The van der Waals surface area contributed by atoms with Gasteiger partial charge >= 0.3 is 20.2 Å². The van der Waals surface area contributed by atoms with Crippen LogP contribution in [0.5, 0.6) is 0 Å². The van der Waals surface area contributed by atoms with Crippen molar-refractivity contribution in [2.75, 3.05) is 19.8 Å². The molecule has 1 aromatic rings. The second kappa shape index (κ2) is 11.9. The van der Waals surface area contributed by atoms with Crippen molar-refractivity contribution in [2.24, 2.45) is 0 Å². The van der Waals surface area contributed by atoms with Crippen LogP contribution in [0.25, 0.3) is 0 Å². The number of hydrogen-bond acceptors (Lipinski definition) is 15. The molecule has 0 amide bonds. The van der Waals surface area contributed by atoms with Crippen LogP contribution in [0, 0.1) is 0 Å². The van der Waals surface area contributed by atoms with Crippen molar-refractivity contribution in [3.8, 4) is 0 Å². The number of aliphatic hydroxyl groups excluding tert-OH is 5. The fraction of sp³-hybridized carbons (Fsp3) is 0.778. The highest BCUT2D eigenvalue weighted by molar-refractivity contribution is 8.08. The highest BCUT2D eigenvalue weighted by Gasteiger charge is 2.62. The zero-order valence-corrected chi connectivity index (χ0v) is 22.7. The minimum Gasteiger partial charge on any atom is -0.393 e. The maximum atomic E-state index is 13.9. The number of aromatic amines is 1. The van der Waals surface area contributed by atoms with E-state index in [4.69, 9.17) is 35.6 Å². The standard InChI is InChI=1S/C18H27FN2O16P2S/c19-7(5-22)13-11(25)10(24)12(26)15(35-13)36-38(29,30)37-39(31,40)33-6-8-14(27)18(2-4-32-18)16(34-8)21-3-1-9(23)20-17(21)28/h1,3,7-8,10-16,22,24-27H,2,4-6H2,(H,29,30)(H,31,40)(H,20,23,28)/t7-,8+,10?,11?,12?,13?,14+,15?,16+,18+,39?/m0/s1. The molecular weight excluding hydrogens is 613 g/mol. The van der Waals surface area contributed by atoms with Gasteiger partial charge in [0.15, 0.2) is 18.7 Å². The summed E-state index contributed by atoms with van der Waals surface area (Å²) in [5.74, 6) is 0. The molecule has 0 aliphatic carbocycles. The Morgan fingerprint density at radius 2 is 1.88 bits per heavy atom. The first-order valence-corrected chi connectivity index (χ1v) is 15.6. The number of halogens is 1. The summed E-state index contributed by atoms with van der Waals surface area (Å²) in [5, 5.41) is 49.5. The van der Waals surface area contributed by atoms with Crippen molar-refractivity contribution in [1.29, 1.82) is 0 Å². The summed E-state index contributed by atoms with van der Waals surface area (Å²) >= 11 is 4.71. The summed E-state index contributed by atoms with van der Waals surface area (Å²) in [6.45, 7) is -6.43. The quantitative estimate of drug-likeness (QED) is 0.115. The third kappa shape index (κ3) is 6.32. The molecule has 0 aromatic carbocycles. The van der Waals surface area contributed by atoms with E-state index in [1.54, 1.807) is 0 Å². The van der Waals surface area contributed by atoms with Crippen molar-refractivity contribution in [3.63, 3.8) is 0 Å². The fourth-order valence-electron chi connectivity index (χ4n) is 4.46. The van der Waals surface area contributed by atoms with Gasteiger partial charge in [-0.1, -0.05) is 0 Å². The van der Waals surface area contributed by atoms with Crippen LogP contribution in [0.3, 0.4) is 0 Å². The predicted molar refractivity (Wildman–Crippen MR) is 128 cm³/mol. The Morgan fingerprint density at radius 1 is 1.20 bits per heavy atom. The van der Waals surface area contributed by atoms with Crippen molar-refractivity contribution in [1.82, 2.24) is 9.55 Å². The van der Waals surface area contributed by atoms with Gasteiger partial charge in [-0.3, -0.25) is 18.9 Å². The fourth-order valence-corrected chi connectivity index (χ4v) is 7.56. The van der Waals surface area contributed by atoms with Crippen LogP contribution in [0.2, 0.25) is 0 Å². The van der Waals surface area contributed by atoms with Crippen LogP contribution in [-0.4, -0.2) is 119 Å². The third-order valence-electron chi connectivity index (χ3n) is 6.52. The SMILES string of the molecule is O=c1ccn([C@@H]2O[C@H](COP(O)(=S)OP(=O)(O)OC3OC([C@@H](F)CO)C(O)C(O)C3O)[C@@H](O)[C@]23CCO3)c(=O)[nH]1. The number of phosphoric ester groups is 1. The lowest BCUT2D eigenvalue weighted by atomic mass is 9.86. The van der Waals surface area contributed by atoms with E-state index >= 15 is 0 Å². The molecule has 7 unspecified atom stereocenters. The van der Waals surface area contributed by atoms with Gasteiger partial charge in [0.25, 0.3) is 5.56 Å². The van der Waals surface area contributed by atoms with Gasteiger partial charge in [-0.15, -0.1) is 0 Å². The summed E-state index contributed by atoms with van der Waals surface area (Å²) in [6.07, 6.45) is -15.6. The van der Waals surface area contributed by atoms with Gasteiger partial charge in [0.05, 0.1) is 19.8 Å². The second-order valence-corrected chi connectivity index (χ2v) is 13.5. The van der Waals surface area contributed by atoms with E-state index in [0.717, 1.165) is 16.8 Å². The molecular formula is C18H27FN2O16P2S. The van der Waals surface area contributed by atoms with E-state index in [2.05, 4.69) is 8.83 Å². The molecule has 0 radical (unpaired) electrons. The number of ether oxygens (including phenoxy) is 3. The zero-order chi connectivity index (χ0) is 29.6. The molecule has 0 bridgehead atoms. The molecule has 12 atom stereocenters. The van der Waals surface area contributed by atoms with E-state index in [9.17, 15) is 48.8 Å². The average Bonchev–Trinajstić information content (AvgIpc) is 3.14. The zero-order valence-electron chi connectivity index (χ0n) is 20.1. The Labute approximate surface area is 228 Å². The van der Waals surface area contributed by atoms with Crippen LogP contribution >= 0.6 is 14.5 Å². The number of aromatic nitrogens is 2. The molecule has 4 rings (SSSR count). The Bertz CT molecular complexity index is 1280. The summed E-state index contributed by atoms with van der Waals surface area (Å²) in [5.41, 5.74) is -2.97. The molecule has 3 fully saturated rings. The molecule has 4 heterocycles. The molecule has 1 aromatic heterocycles. The molecule has 3 saturated heterocycles. The molecule has 3 aliphatic rings. The second-order valence-electron chi connectivity index (χ2n) is 9.10. The van der Waals surface area contributed by atoms with E-state index in [0.29, 0.717) is 0 Å². The highest BCUT2D eigenvalue weighted by Crippen LogP contribution is 2.62. The molecule has 0 saturated carbocycles. The molecule has 228 valence electrons. The number of aliphatic hydroxyl groups is 5. The monoisotopic (exact) mass is 640 g/mol. The Kier molecular flexibility index (Phi) is 9.51. The van der Waals surface area contributed by atoms with Crippen molar-refractivity contribution in [2.45, 2.75) is 67.3 Å². The highest BCUT2D eigenvalue weighted by atomic mass is 32.5. The van der Waals surface area contributed by atoms with Crippen molar-refractivity contribution in [3.05, 3.63) is 33.1 Å². The van der Waals surface area contributed by atoms with Crippen molar-refractivity contribution < 1.29 is 71.8 Å². The first-order valence-electron chi connectivity index (χ1n) is 11.5. The largest absolute Gasteiger partial charge is 0.481 e. The summed E-state index contributed by atoms with van der Waals surface area (Å²) in [6, 6.07) is 1.04. The predicted octanol–water partition coefficient (Wildman–Crippen LogP) is -3.54. The van der Waals surface area contributed by atoms with Crippen molar-refractivity contribution >= 4 is 26.3 Å². The maximum Gasteiger partial charge on any atom is 0.481 e. The van der Waals surface area contributed by atoms with Gasteiger partial charge in [-0.25, -0.2) is 18.1 Å². The molecule has 22 heteroatoms.